The SMILES string of the molecule is COC(=O)C1=NS(=O)(=O)c2cccc(N)c21. The summed E-state index contributed by atoms with van der Waals surface area (Å²) in [7, 11) is -2.68. The number of fused-ring (bicyclic) bond motifs is 1. The Labute approximate surface area is 91.8 Å². The van der Waals surface area contributed by atoms with Gasteiger partial charge in [-0.3, -0.25) is 0 Å². The summed E-state index contributed by atoms with van der Waals surface area (Å²) in [6, 6.07) is 4.33. The number of ether oxygens (including phenoxy) is 1. The van der Waals surface area contributed by atoms with Crippen molar-refractivity contribution in [3.05, 3.63) is 23.8 Å². The van der Waals surface area contributed by atoms with E-state index in [1.807, 2.05) is 0 Å². The number of esters is 1. The van der Waals surface area contributed by atoms with Crippen LogP contribution < -0.4 is 5.73 Å². The summed E-state index contributed by atoms with van der Waals surface area (Å²) in [5, 5.41) is 0. The van der Waals surface area contributed by atoms with E-state index >= 15 is 0 Å². The summed E-state index contributed by atoms with van der Waals surface area (Å²) in [4.78, 5) is 11.3. The molecule has 1 aromatic rings. The normalized spacial score (nSPS) is 16.4. The third-order valence-corrected chi connectivity index (χ3v) is 3.48. The van der Waals surface area contributed by atoms with Crippen LogP contribution in [0.2, 0.25) is 0 Å². The first-order valence-electron chi connectivity index (χ1n) is 4.29. The molecule has 2 rings (SSSR count). The molecule has 16 heavy (non-hydrogen) atoms. The zero-order valence-electron chi connectivity index (χ0n) is 8.30. The number of methoxy groups -OCH3 is 1. The molecule has 0 aromatic heterocycles. The quantitative estimate of drug-likeness (QED) is 0.547. The van der Waals surface area contributed by atoms with Crippen LogP contribution in [0.15, 0.2) is 27.5 Å². The lowest BCUT2D eigenvalue weighted by Crippen LogP contribution is -2.16. The van der Waals surface area contributed by atoms with Crippen LogP contribution in [-0.4, -0.2) is 27.2 Å². The number of anilines is 1. The molecule has 7 heteroatoms. The predicted octanol–water partition coefficient (Wildman–Crippen LogP) is -0.0668. The van der Waals surface area contributed by atoms with Crippen molar-refractivity contribution in [2.24, 2.45) is 4.40 Å². The van der Waals surface area contributed by atoms with Crippen LogP contribution in [-0.2, 0) is 19.6 Å². The summed E-state index contributed by atoms with van der Waals surface area (Å²) in [5.74, 6) is -0.819. The van der Waals surface area contributed by atoms with Gasteiger partial charge in [0.1, 0.15) is 4.90 Å². The van der Waals surface area contributed by atoms with Gasteiger partial charge in [0, 0.05) is 5.69 Å². The average molecular weight is 240 g/mol. The van der Waals surface area contributed by atoms with Crippen molar-refractivity contribution in [3.8, 4) is 0 Å². The topological polar surface area (TPSA) is 98.8 Å². The highest BCUT2D eigenvalue weighted by Crippen LogP contribution is 2.30. The number of carbonyl (C=O) groups is 1. The molecule has 84 valence electrons. The highest BCUT2D eigenvalue weighted by atomic mass is 32.2. The Morgan fingerprint density at radius 3 is 2.75 bits per heavy atom. The lowest BCUT2D eigenvalue weighted by molar-refractivity contribution is -0.132. The lowest BCUT2D eigenvalue weighted by Gasteiger charge is -2.03. The molecule has 0 bridgehead atoms. The van der Waals surface area contributed by atoms with E-state index in [0.717, 1.165) is 7.11 Å². The molecule has 2 N–H and O–H groups in total. The second-order valence-corrected chi connectivity index (χ2v) is 4.70. The fourth-order valence-corrected chi connectivity index (χ4v) is 2.70. The summed E-state index contributed by atoms with van der Waals surface area (Å²) in [6.07, 6.45) is 0. The van der Waals surface area contributed by atoms with Crippen LogP contribution in [0.25, 0.3) is 0 Å². The van der Waals surface area contributed by atoms with Crippen LogP contribution >= 0.6 is 0 Å². The molecular formula is C9H8N2O4S. The molecule has 0 unspecified atom stereocenters. The van der Waals surface area contributed by atoms with E-state index < -0.39 is 16.0 Å². The first-order valence-corrected chi connectivity index (χ1v) is 5.73. The summed E-state index contributed by atoms with van der Waals surface area (Å²) >= 11 is 0. The number of carbonyl (C=O) groups excluding carboxylic acids is 1. The fourth-order valence-electron chi connectivity index (χ4n) is 1.47. The van der Waals surface area contributed by atoms with Gasteiger partial charge in [0.25, 0.3) is 10.0 Å². The Hall–Kier alpha value is -1.89. The molecule has 0 saturated carbocycles. The molecule has 0 aliphatic carbocycles. The molecule has 1 aliphatic rings. The van der Waals surface area contributed by atoms with E-state index in [1.54, 1.807) is 0 Å². The lowest BCUT2D eigenvalue weighted by atomic mass is 10.1. The van der Waals surface area contributed by atoms with Gasteiger partial charge in [0.05, 0.1) is 12.7 Å². The van der Waals surface area contributed by atoms with Crippen molar-refractivity contribution in [2.45, 2.75) is 4.90 Å². The maximum absolute atomic E-state index is 11.6. The number of nitrogen functional groups attached to an aromatic ring is 1. The van der Waals surface area contributed by atoms with Crippen LogP contribution in [0.1, 0.15) is 5.56 Å². The molecule has 1 aromatic carbocycles. The largest absolute Gasteiger partial charge is 0.464 e. The highest BCUT2D eigenvalue weighted by molar-refractivity contribution is 7.91. The molecule has 1 heterocycles. The van der Waals surface area contributed by atoms with Crippen molar-refractivity contribution in [3.63, 3.8) is 0 Å². The predicted molar refractivity (Wildman–Crippen MR) is 56.6 cm³/mol. The van der Waals surface area contributed by atoms with Gasteiger partial charge in [0.15, 0.2) is 5.71 Å². The summed E-state index contributed by atoms with van der Waals surface area (Å²) in [6.45, 7) is 0. The van der Waals surface area contributed by atoms with E-state index in [9.17, 15) is 13.2 Å². The molecule has 0 saturated heterocycles. The zero-order valence-corrected chi connectivity index (χ0v) is 9.11. The minimum Gasteiger partial charge on any atom is -0.464 e. The number of nitrogens with zero attached hydrogens (tertiary/aromatic N) is 1. The van der Waals surface area contributed by atoms with E-state index in [2.05, 4.69) is 9.13 Å². The number of hydrogen-bond acceptors (Lipinski definition) is 5. The van der Waals surface area contributed by atoms with E-state index in [1.165, 1.54) is 18.2 Å². The van der Waals surface area contributed by atoms with Gasteiger partial charge >= 0.3 is 5.97 Å². The molecule has 0 amide bonds. The van der Waals surface area contributed by atoms with Crippen molar-refractivity contribution in [1.29, 1.82) is 0 Å². The van der Waals surface area contributed by atoms with Crippen molar-refractivity contribution >= 4 is 27.4 Å². The number of hydrogen-bond donors (Lipinski definition) is 1. The molecule has 0 atom stereocenters. The highest BCUT2D eigenvalue weighted by Gasteiger charge is 2.34. The summed E-state index contributed by atoms with van der Waals surface area (Å²) in [5.41, 5.74) is 5.66. The van der Waals surface area contributed by atoms with Gasteiger partial charge in [-0.2, -0.15) is 12.8 Å². The second-order valence-electron chi connectivity index (χ2n) is 3.13. The maximum Gasteiger partial charge on any atom is 0.358 e. The number of benzene rings is 1. The number of nitrogens with two attached hydrogens (primary N) is 1. The molecule has 0 radical (unpaired) electrons. The second kappa shape index (κ2) is 3.31. The molecule has 1 aliphatic heterocycles. The Kier molecular flexibility index (Phi) is 2.20. The summed E-state index contributed by atoms with van der Waals surface area (Å²) < 4.78 is 31.0. The van der Waals surface area contributed by atoms with Gasteiger partial charge in [-0.15, -0.1) is 0 Å². The van der Waals surface area contributed by atoms with Crippen molar-refractivity contribution in [1.82, 2.24) is 0 Å². The minimum atomic E-state index is -3.83. The molecular weight excluding hydrogens is 232 g/mol. The zero-order chi connectivity index (χ0) is 11.9. The number of sulfonamides is 1. The Morgan fingerprint density at radius 2 is 2.12 bits per heavy atom. The van der Waals surface area contributed by atoms with Gasteiger partial charge < -0.3 is 10.5 Å². The molecule has 0 fully saturated rings. The first kappa shape index (κ1) is 10.6. The van der Waals surface area contributed by atoms with E-state index in [0.29, 0.717) is 0 Å². The molecule has 6 nitrogen and oxygen atoms in total. The van der Waals surface area contributed by atoms with Crippen LogP contribution in [0.5, 0.6) is 0 Å². The van der Waals surface area contributed by atoms with Gasteiger partial charge in [0.2, 0.25) is 0 Å². The van der Waals surface area contributed by atoms with Gasteiger partial charge in [-0.05, 0) is 12.1 Å². The van der Waals surface area contributed by atoms with Crippen LogP contribution in [0, 0.1) is 0 Å². The Balaban J connectivity index is 2.77. The van der Waals surface area contributed by atoms with Gasteiger partial charge in [-0.25, -0.2) is 4.79 Å². The molecule has 0 spiro atoms. The minimum absolute atomic E-state index is 0.0621. The maximum atomic E-state index is 11.6. The standard InChI is InChI=1S/C9H8N2O4S/c1-15-9(12)8-7-5(10)3-2-4-6(7)16(13,14)11-8/h2-4H,10H2,1H3. The number of rotatable bonds is 1. The van der Waals surface area contributed by atoms with E-state index in [-0.39, 0.29) is 21.9 Å². The Bertz CT molecular complexity index is 604. The van der Waals surface area contributed by atoms with Gasteiger partial charge in [-0.1, -0.05) is 6.07 Å². The smallest absolute Gasteiger partial charge is 0.358 e. The van der Waals surface area contributed by atoms with E-state index in [4.69, 9.17) is 5.73 Å². The monoisotopic (exact) mass is 240 g/mol. The van der Waals surface area contributed by atoms with Crippen LogP contribution in [0.3, 0.4) is 0 Å². The average Bonchev–Trinajstić information content (AvgIpc) is 2.52. The first-order chi connectivity index (χ1) is 7.47. The van der Waals surface area contributed by atoms with Crippen molar-refractivity contribution < 1.29 is 17.9 Å². The van der Waals surface area contributed by atoms with Crippen molar-refractivity contribution in [2.75, 3.05) is 12.8 Å². The van der Waals surface area contributed by atoms with Crippen LogP contribution in [0.4, 0.5) is 5.69 Å². The third kappa shape index (κ3) is 1.36. The Morgan fingerprint density at radius 1 is 1.44 bits per heavy atom. The fraction of sp³-hybridized carbons (Fsp3) is 0.111. The third-order valence-electron chi connectivity index (χ3n) is 2.16.